The summed E-state index contributed by atoms with van der Waals surface area (Å²) in [6, 6.07) is 0. The number of aliphatic carboxylic acids is 1. The van der Waals surface area contributed by atoms with Crippen LogP contribution in [0.2, 0.25) is 0 Å². The van der Waals surface area contributed by atoms with E-state index in [9.17, 15) is 4.79 Å². The van der Waals surface area contributed by atoms with Gasteiger partial charge in [0.2, 0.25) is 0 Å². The van der Waals surface area contributed by atoms with Gasteiger partial charge in [0.25, 0.3) is 0 Å². The Morgan fingerprint density at radius 1 is 1.40 bits per heavy atom. The molecule has 0 amide bonds. The van der Waals surface area contributed by atoms with Gasteiger partial charge in [-0.1, -0.05) is 23.2 Å². The maximum atomic E-state index is 10.2. The second kappa shape index (κ2) is 2.59. The highest BCUT2D eigenvalue weighted by Crippen LogP contribution is 2.61. The quantitative estimate of drug-likeness (QED) is 0.694. The Labute approximate surface area is 78.8 Å². The van der Waals surface area contributed by atoms with Crippen LogP contribution in [0, 0.1) is 0 Å². The number of hydrogen-bond acceptors (Lipinski definition) is 1. The number of alkyl halides is 3. The minimum absolute atomic E-state index is 0. The van der Waals surface area contributed by atoms with Crippen molar-refractivity contribution in [3.8, 4) is 0 Å². The lowest BCUT2D eigenvalue weighted by Gasteiger charge is -2.00. The molecule has 1 unspecified atom stereocenters. The van der Waals surface area contributed by atoms with Crippen LogP contribution >= 0.6 is 47.2 Å². The molecule has 0 aromatic carbocycles. The molecule has 0 spiro atoms. The molecule has 1 rings (SSSR count). The van der Waals surface area contributed by atoms with Crippen LogP contribution in [0.25, 0.3) is 0 Å². The van der Waals surface area contributed by atoms with Crippen LogP contribution in [0.3, 0.4) is 0 Å². The average molecular weight is 226 g/mol. The van der Waals surface area contributed by atoms with E-state index in [-0.39, 0.29) is 18.8 Å². The van der Waals surface area contributed by atoms with E-state index in [0.29, 0.717) is 0 Å². The predicted octanol–water partition coefficient (Wildman–Crippen LogP) is 2.05. The van der Waals surface area contributed by atoms with E-state index in [1.807, 2.05) is 0 Å². The molecule has 10 heavy (non-hydrogen) atoms. The summed E-state index contributed by atoms with van der Waals surface area (Å²) in [5, 5.41) is 8.35. The second-order valence-electron chi connectivity index (χ2n) is 1.99. The molecule has 60 valence electrons. The number of hydrogen-bond donors (Lipinski definition) is 1. The summed E-state index contributed by atoms with van der Waals surface area (Å²) in [5.41, 5.74) is 0. The maximum absolute atomic E-state index is 10.2. The number of halogens is 4. The molecule has 0 aromatic rings. The number of carbonyl (C=O) groups is 1. The van der Waals surface area contributed by atoms with Crippen LogP contribution in [-0.4, -0.2) is 20.3 Å². The molecule has 0 saturated heterocycles. The number of rotatable bonds is 1. The topological polar surface area (TPSA) is 37.3 Å². The zero-order chi connectivity index (χ0) is 7.28. The molecule has 0 heterocycles. The van der Waals surface area contributed by atoms with Crippen molar-refractivity contribution in [3.05, 3.63) is 0 Å². The molecule has 1 aliphatic carbocycles. The van der Waals surface area contributed by atoms with Gasteiger partial charge in [-0.3, -0.25) is 4.79 Å². The largest absolute Gasteiger partial charge is 0.480 e. The highest BCUT2D eigenvalue weighted by Gasteiger charge is 2.71. The minimum Gasteiger partial charge on any atom is -0.480 e. The lowest BCUT2D eigenvalue weighted by Crippen LogP contribution is -2.21. The molecule has 0 radical (unpaired) electrons. The zero-order valence-corrected chi connectivity index (χ0v) is 7.69. The third-order valence-electron chi connectivity index (χ3n) is 1.26. The molecule has 2 nitrogen and oxygen atoms in total. The van der Waals surface area contributed by atoms with Crippen LogP contribution in [0.5, 0.6) is 0 Å². The van der Waals surface area contributed by atoms with E-state index in [4.69, 9.17) is 39.9 Å². The molecular formula is C4H4Cl4O2. The normalized spacial score (nSPS) is 34.3. The van der Waals surface area contributed by atoms with E-state index in [1.54, 1.807) is 0 Å². The molecule has 1 aliphatic rings. The predicted molar refractivity (Wildman–Crippen MR) is 42.5 cm³/mol. The first-order valence-electron chi connectivity index (χ1n) is 2.20. The lowest BCUT2D eigenvalue weighted by atomic mass is 10.4. The van der Waals surface area contributed by atoms with Crippen LogP contribution in [0.1, 0.15) is 6.42 Å². The molecule has 1 saturated carbocycles. The number of carboxylic acid groups (broad SMARTS) is 1. The molecule has 0 aliphatic heterocycles. The van der Waals surface area contributed by atoms with Crippen LogP contribution in [0.15, 0.2) is 0 Å². The maximum Gasteiger partial charge on any atom is 0.328 e. The SMILES string of the molecule is Cl.O=C(O)C1(Cl)CC1(Cl)Cl. The molecule has 1 atom stereocenters. The molecule has 1 N–H and O–H groups in total. The Balaban J connectivity index is 0.000000810. The van der Waals surface area contributed by atoms with Gasteiger partial charge in [-0.2, -0.15) is 0 Å². The van der Waals surface area contributed by atoms with Crippen molar-refractivity contribution in [2.75, 3.05) is 0 Å². The summed E-state index contributed by atoms with van der Waals surface area (Å²) >= 11 is 16.2. The third-order valence-corrected chi connectivity index (χ3v) is 2.98. The summed E-state index contributed by atoms with van der Waals surface area (Å²) < 4.78 is -1.26. The average Bonchev–Trinajstić information content (AvgIpc) is 2.08. The van der Waals surface area contributed by atoms with Gasteiger partial charge in [0, 0.05) is 6.42 Å². The van der Waals surface area contributed by atoms with Gasteiger partial charge in [-0.15, -0.1) is 24.0 Å². The van der Waals surface area contributed by atoms with Gasteiger partial charge in [-0.25, -0.2) is 0 Å². The summed E-state index contributed by atoms with van der Waals surface area (Å²) in [6.45, 7) is 0. The summed E-state index contributed by atoms with van der Waals surface area (Å²) in [4.78, 5) is 8.76. The fourth-order valence-corrected chi connectivity index (χ4v) is 1.39. The highest BCUT2D eigenvalue weighted by molar-refractivity contribution is 6.61. The van der Waals surface area contributed by atoms with Gasteiger partial charge in [0.05, 0.1) is 0 Å². The minimum atomic E-state index is -1.43. The highest BCUT2D eigenvalue weighted by atomic mass is 35.5. The lowest BCUT2D eigenvalue weighted by molar-refractivity contribution is -0.137. The van der Waals surface area contributed by atoms with Crippen molar-refractivity contribution < 1.29 is 9.90 Å². The van der Waals surface area contributed by atoms with Gasteiger partial charge in [-0.05, 0) is 0 Å². The number of carboxylic acids is 1. The second-order valence-corrected chi connectivity index (χ2v) is 4.12. The van der Waals surface area contributed by atoms with E-state index < -0.39 is 15.2 Å². The zero-order valence-electron chi connectivity index (χ0n) is 4.60. The fourth-order valence-electron chi connectivity index (χ4n) is 0.494. The summed E-state index contributed by atoms with van der Waals surface area (Å²) in [6.07, 6.45) is 0.111. The van der Waals surface area contributed by atoms with E-state index in [0.717, 1.165) is 0 Å². The van der Waals surface area contributed by atoms with Crippen molar-refractivity contribution in [2.24, 2.45) is 0 Å². The Morgan fingerprint density at radius 2 is 1.70 bits per heavy atom. The molecule has 0 aromatic heterocycles. The van der Waals surface area contributed by atoms with Crippen LogP contribution in [0.4, 0.5) is 0 Å². The van der Waals surface area contributed by atoms with Gasteiger partial charge >= 0.3 is 5.97 Å². The van der Waals surface area contributed by atoms with E-state index >= 15 is 0 Å². The van der Waals surface area contributed by atoms with Gasteiger partial charge in [0.15, 0.2) is 9.21 Å². The van der Waals surface area contributed by atoms with E-state index in [1.165, 1.54) is 0 Å². The van der Waals surface area contributed by atoms with Crippen molar-refractivity contribution in [3.63, 3.8) is 0 Å². The molecular weight excluding hydrogens is 222 g/mol. The Bertz CT molecular complexity index is 169. The van der Waals surface area contributed by atoms with Gasteiger partial charge < -0.3 is 5.11 Å². The first-order valence-corrected chi connectivity index (χ1v) is 3.34. The molecule has 0 bridgehead atoms. The van der Waals surface area contributed by atoms with Crippen molar-refractivity contribution in [1.82, 2.24) is 0 Å². The summed E-state index contributed by atoms with van der Waals surface area (Å²) in [5.74, 6) is -1.16. The van der Waals surface area contributed by atoms with Crippen molar-refractivity contribution >= 4 is 53.2 Å². The van der Waals surface area contributed by atoms with Gasteiger partial charge in [0.1, 0.15) is 0 Å². The monoisotopic (exact) mass is 224 g/mol. The smallest absolute Gasteiger partial charge is 0.328 e. The molecule has 1 fully saturated rings. The van der Waals surface area contributed by atoms with Crippen LogP contribution in [-0.2, 0) is 4.79 Å². The Morgan fingerprint density at radius 3 is 1.70 bits per heavy atom. The van der Waals surface area contributed by atoms with E-state index in [2.05, 4.69) is 0 Å². The van der Waals surface area contributed by atoms with Crippen molar-refractivity contribution in [2.45, 2.75) is 15.6 Å². The Kier molecular flexibility index (Phi) is 2.76. The summed E-state index contributed by atoms with van der Waals surface area (Å²) in [7, 11) is 0. The Hall–Kier alpha value is 0.630. The van der Waals surface area contributed by atoms with Crippen molar-refractivity contribution in [1.29, 1.82) is 0 Å². The molecule has 6 heteroatoms. The third kappa shape index (κ3) is 1.30. The van der Waals surface area contributed by atoms with Crippen LogP contribution < -0.4 is 0 Å². The fraction of sp³-hybridized carbons (Fsp3) is 0.750. The standard InChI is InChI=1S/C4H3Cl3O2.ClH/c5-3(2(8)9)1-4(3,6)7;/h1H2,(H,8,9);1H. The first-order chi connectivity index (χ1) is 3.90. The first kappa shape index (κ1) is 10.6.